The van der Waals surface area contributed by atoms with Crippen LogP contribution in [0.4, 0.5) is 11.4 Å². The lowest BCUT2D eigenvalue weighted by Crippen LogP contribution is -2.12. The molecule has 17 heavy (non-hydrogen) atoms. The average Bonchev–Trinajstić information content (AvgIpc) is 2.32. The largest absolute Gasteiger partial charge is 0.493 e. The Morgan fingerprint density at radius 1 is 1.41 bits per heavy atom. The van der Waals surface area contributed by atoms with Gasteiger partial charge in [0.2, 0.25) is 0 Å². The summed E-state index contributed by atoms with van der Waals surface area (Å²) in [4.78, 5) is 0. The van der Waals surface area contributed by atoms with Crippen LogP contribution in [0.5, 0.6) is 5.75 Å². The molecule has 0 saturated heterocycles. The summed E-state index contributed by atoms with van der Waals surface area (Å²) in [6.07, 6.45) is 3.11. The van der Waals surface area contributed by atoms with E-state index in [0.29, 0.717) is 5.25 Å². The summed E-state index contributed by atoms with van der Waals surface area (Å²) >= 11 is 1.84. The highest BCUT2D eigenvalue weighted by Crippen LogP contribution is 2.23. The molecule has 0 bridgehead atoms. The Bertz CT molecular complexity index is 344. The van der Waals surface area contributed by atoms with E-state index in [-0.39, 0.29) is 0 Å². The summed E-state index contributed by atoms with van der Waals surface area (Å²) in [6, 6.07) is 5.80. The summed E-state index contributed by atoms with van der Waals surface area (Å²) in [6.45, 7) is 5.94. The zero-order chi connectivity index (χ0) is 12.7. The van der Waals surface area contributed by atoms with Gasteiger partial charge in [-0.05, 0) is 18.7 Å². The van der Waals surface area contributed by atoms with Gasteiger partial charge in [0.05, 0.1) is 6.61 Å². The van der Waals surface area contributed by atoms with Crippen molar-refractivity contribution < 1.29 is 4.74 Å². The third kappa shape index (κ3) is 5.22. The van der Waals surface area contributed by atoms with E-state index in [1.54, 1.807) is 0 Å². The van der Waals surface area contributed by atoms with Crippen LogP contribution in [0.2, 0.25) is 0 Å². The fraction of sp³-hybridized carbons (Fsp3) is 0.538. The minimum atomic E-state index is 0.580. The third-order valence-corrected chi connectivity index (χ3v) is 3.37. The highest BCUT2D eigenvalue weighted by molar-refractivity contribution is 7.99. The fourth-order valence-electron chi connectivity index (χ4n) is 1.37. The van der Waals surface area contributed by atoms with Crippen LogP contribution in [-0.2, 0) is 0 Å². The second-order valence-electron chi connectivity index (χ2n) is 4.07. The van der Waals surface area contributed by atoms with Gasteiger partial charge in [-0.25, -0.2) is 0 Å². The topological polar surface area (TPSA) is 47.3 Å². The Labute approximate surface area is 108 Å². The first-order valence-corrected chi connectivity index (χ1v) is 7.24. The molecule has 1 aromatic carbocycles. The van der Waals surface area contributed by atoms with E-state index in [1.165, 1.54) is 0 Å². The maximum Gasteiger partial charge on any atom is 0.123 e. The van der Waals surface area contributed by atoms with Gasteiger partial charge in [0.1, 0.15) is 5.75 Å². The number of ether oxygens (including phenoxy) is 1. The predicted octanol–water partition coefficient (Wildman–Crippen LogP) is 3.22. The molecule has 0 aromatic heterocycles. The molecule has 1 aromatic rings. The molecule has 1 unspecified atom stereocenters. The standard InChI is InChI=1S/C13H22N2OS/c1-4-5-16-13-7-11(14)6-12(8-13)15-9-10(2)17-3/h6-8,10,15H,4-5,9,14H2,1-3H3. The number of nitrogens with two attached hydrogens (primary N) is 1. The smallest absolute Gasteiger partial charge is 0.123 e. The van der Waals surface area contributed by atoms with Gasteiger partial charge in [-0.2, -0.15) is 11.8 Å². The quantitative estimate of drug-likeness (QED) is 0.733. The lowest BCUT2D eigenvalue weighted by molar-refractivity contribution is 0.318. The maximum atomic E-state index is 5.84. The summed E-state index contributed by atoms with van der Waals surface area (Å²) in [5.74, 6) is 0.839. The van der Waals surface area contributed by atoms with Gasteiger partial charge in [0.15, 0.2) is 0 Å². The van der Waals surface area contributed by atoms with Crippen LogP contribution in [0.15, 0.2) is 18.2 Å². The lowest BCUT2D eigenvalue weighted by Gasteiger charge is -2.13. The molecular formula is C13H22N2OS. The molecule has 0 aliphatic heterocycles. The van der Waals surface area contributed by atoms with E-state index < -0.39 is 0 Å². The number of thioether (sulfide) groups is 1. The number of hydrogen-bond donors (Lipinski definition) is 2. The third-order valence-electron chi connectivity index (χ3n) is 2.40. The molecule has 0 saturated carbocycles. The molecule has 4 heteroatoms. The molecule has 3 N–H and O–H groups in total. The molecule has 0 fully saturated rings. The van der Waals surface area contributed by atoms with Crippen molar-refractivity contribution >= 4 is 23.1 Å². The highest BCUT2D eigenvalue weighted by atomic mass is 32.2. The van der Waals surface area contributed by atoms with Crippen LogP contribution in [0.25, 0.3) is 0 Å². The Morgan fingerprint density at radius 2 is 2.18 bits per heavy atom. The zero-order valence-electron chi connectivity index (χ0n) is 10.8. The van der Waals surface area contributed by atoms with E-state index in [0.717, 1.165) is 36.7 Å². The first kappa shape index (κ1) is 14.0. The van der Waals surface area contributed by atoms with Crippen molar-refractivity contribution in [2.24, 2.45) is 0 Å². The molecule has 0 heterocycles. The molecule has 0 spiro atoms. The van der Waals surface area contributed by atoms with Gasteiger partial charge < -0.3 is 15.8 Å². The monoisotopic (exact) mass is 254 g/mol. The molecule has 0 amide bonds. The van der Waals surface area contributed by atoms with Gasteiger partial charge >= 0.3 is 0 Å². The molecule has 0 radical (unpaired) electrons. The van der Waals surface area contributed by atoms with Gasteiger partial charge in [-0.1, -0.05) is 13.8 Å². The van der Waals surface area contributed by atoms with Crippen LogP contribution in [0.1, 0.15) is 20.3 Å². The zero-order valence-corrected chi connectivity index (χ0v) is 11.6. The number of nitrogens with one attached hydrogen (secondary N) is 1. The second-order valence-corrected chi connectivity index (χ2v) is 5.34. The van der Waals surface area contributed by atoms with Crippen molar-refractivity contribution in [1.29, 1.82) is 0 Å². The molecule has 0 aliphatic rings. The summed E-state index contributed by atoms with van der Waals surface area (Å²) in [5.41, 5.74) is 7.60. The van der Waals surface area contributed by atoms with Gasteiger partial charge in [-0.15, -0.1) is 0 Å². The lowest BCUT2D eigenvalue weighted by atomic mass is 10.2. The van der Waals surface area contributed by atoms with Crippen LogP contribution < -0.4 is 15.8 Å². The number of rotatable bonds is 7. The molecule has 1 rings (SSSR count). The molecular weight excluding hydrogens is 232 g/mol. The molecule has 3 nitrogen and oxygen atoms in total. The Kier molecular flexibility index (Phi) is 6.05. The number of hydrogen-bond acceptors (Lipinski definition) is 4. The predicted molar refractivity (Wildman–Crippen MR) is 78.1 cm³/mol. The van der Waals surface area contributed by atoms with Gasteiger partial charge in [0, 0.05) is 35.3 Å². The van der Waals surface area contributed by atoms with E-state index in [9.17, 15) is 0 Å². The van der Waals surface area contributed by atoms with Crippen LogP contribution in [0, 0.1) is 0 Å². The van der Waals surface area contributed by atoms with E-state index in [1.807, 2.05) is 30.0 Å². The van der Waals surface area contributed by atoms with Crippen molar-refractivity contribution in [1.82, 2.24) is 0 Å². The first-order chi connectivity index (χ1) is 8.15. The Balaban J connectivity index is 2.61. The summed E-state index contributed by atoms with van der Waals surface area (Å²) in [7, 11) is 0. The van der Waals surface area contributed by atoms with E-state index in [2.05, 4.69) is 25.4 Å². The number of anilines is 2. The van der Waals surface area contributed by atoms with E-state index in [4.69, 9.17) is 10.5 Å². The van der Waals surface area contributed by atoms with E-state index >= 15 is 0 Å². The number of benzene rings is 1. The fourth-order valence-corrected chi connectivity index (χ4v) is 1.62. The van der Waals surface area contributed by atoms with Gasteiger partial charge in [0.25, 0.3) is 0 Å². The SMILES string of the molecule is CCCOc1cc(N)cc(NCC(C)SC)c1. The molecule has 96 valence electrons. The molecule has 0 aliphatic carbocycles. The molecule has 1 atom stereocenters. The average molecular weight is 254 g/mol. The summed E-state index contributed by atoms with van der Waals surface area (Å²) < 4.78 is 5.58. The van der Waals surface area contributed by atoms with Crippen molar-refractivity contribution in [3.05, 3.63) is 18.2 Å². The van der Waals surface area contributed by atoms with Crippen molar-refractivity contribution in [2.75, 3.05) is 30.5 Å². The van der Waals surface area contributed by atoms with Gasteiger partial charge in [-0.3, -0.25) is 0 Å². The van der Waals surface area contributed by atoms with Crippen LogP contribution >= 0.6 is 11.8 Å². The summed E-state index contributed by atoms with van der Waals surface area (Å²) in [5, 5.41) is 3.95. The Morgan fingerprint density at radius 3 is 2.82 bits per heavy atom. The Hall–Kier alpha value is -1.03. The number of nitrogen functional groups attached to an aromatic ring is 1. The normalized spacial score (nSPS) is 12.2. The van der Waals surface area contributed by atoms with Crippen molar-refractivity contribution in [2.45, 2.75) is 25.5 Å². The minimum Gasteiger partial charge on any atom is -0.493 e. The minimum absolute atomic E-state index is 0.580. The highest BCUT2D eigenvalue weighted by Gasteiger charge is 2.02. The van der Waals surface area contributed by atoms with Crippen LogP contribution in [-0.4, -0.2) is 24.7 Å². The maximum absolute atomic E-state index is 5.84. The van der Waals surface area contributed by atoms with Crippen LogP contribution in [0.3, 0.4) is 0 Å². The first-order valence-electron chi connectivity index (χ1n) is 5.95. The van der Waals surface area contributed by atoms with Crippen molar-refractivity contribution in [3.8, 4) is 5.75 Å². The second kappa shape index (κ2) is 7.33. The van der Waals surface area contributed by atoms with Crippen molar-refractivity contribution in [3.63, 3.8) is 0 Å².